The SMILES string of the molecule is CCOc1ccc(/C=C\C(=O)N(C)C[C@@H]2CCS(=O)(=O)C2)cc1. The van der Waals surface area contributed by atoms with Crippen LogP contribution in [0.15, 0.2) is 30.3 Å². The molecule has 6 heteroatoms. The third-order valence-corrected chi connectivity index (χ3v) is 5.68. The number of hydrogen-bond acceptors (Lipinski definition) is 4. The van der Waals surface area contributed by atoms with Crippen LogP contribution in [0.1, 0.15) is 18.9 Å². The highest BCUT2D eigenvalue weighted by molar-refractivity contribution is 7.91. The lowest BCUT2D eigenvalue weighted by molar-refractivity contribution is -0.125. The minimum atomic E-state index is -2.90. The Morgan fingerprint density at radius 1 is 1.35 bits per heavy atom. The van der Waals surface area contributed by atoms with E-state index >= 15 is 0 Å². The van der Waals surface area contributed by atoms with Gasteiger partial charge in [0.1, 0.15) is 5.75 Å². The number of nitrogens with zero attached hydrogens (tertiary/aromatic N) is 1. The summed E-state index contributed by atoms with van der Waals surface area (Å²) >= 11 is 0. The molecule has 1 amide bonds. The van der Waals surface area contributed by atoms with Crippen molar-refractivity contribution in [3.8, 4) is 5.75 Å². The average Bonchev–Trinajstić information content (AvgIpc) is 2.85. The second-order valence-electron chi connectivity index (χ2n) is 5.82. The predicted molar refractivity (Wildman–Crippen MR) is 91.0 cm³/mol. The standard InChI is InChI=1S/C17H23NO4S/c1-3-22-16-7-4-14(5-8-16)6-9-17(19)18(2)12-15-10-11-23(20,21)13-15/h4-9,15H,3,10-13H2,1-2H3/b9-6-/t15-/m0/s1. The van der Waals surface area contributed by atoms with E-state index in [9.17, 15) is 13.2 Å². The van der Waals surface area contributed by atoms with Gasteiger partial charge in [-0.15, -0.1) is 0 Å². The summed E-state index contributed by atoms with van der Waals surface area (Å²) < 4.78 is 28.3. The summed E-state index contributed by atoms with van der Waals surface area (Å²) in [7, 11) is -1.19. The molecule has 2 rings (SSSR count). The first kappa shape index (κ1) is 17.5. The Morgan fingerprint density at radius 3 is 2.61 bits per heavy atom. The summed E-state index contributed by atoms with van der Waals surface area (Å²) in [5, 5.41) is 0. The van der Waals surface area contributed by atoms with Crippen molar-refractivity contribution < 1.29 is 17.9 Å². The van der Waals surface area contributed by atoms with Crippen LogP contribution in [0.5, 0.6) is 5.75 Å². The van der Waals surface area contributed by atoms with Gasteiger partial charge in [-0.1, -0.05) is 12.1 Å². The van der Waals surface area contributed by atoms with Crippen molar-refractivity contribution in [2.24, 2.45) is 5.92 Å². The molecule has 1 aliphatic rings. The monoisotopic (exact) mass is 337 g/mol. The van der Waals surface area contributed by atoms with Gasteiger partial charge in [-0.25, -0.2) is 8.42 Å². The molecule has 1 aliphatic heterocycles. The molecule has 1 fully saturated rings. The molecule has 0 unspecified atom stereocenters. The van der Waals surface area contributed by atoms with E-state index in [-0.39, 0.29) is 23.3 Å². The van der Waals surface area contributed by atoms with Crippen LogP contribution in [0.3, 0.4) is 0 Å². The number of carbonyl (C=O) groups is 1. The quantitative estimate of drug-likeness (QED) is 0.745. The molecule has 1 atom stereocenters. The van der Waals surface area contributed by atoms with Crippen LogP contribution >= 0.6 is 0 Å². The van der Waals surface area contributed by atoms with Crippen molar-refractivity contribution in [3.05, 3.63) is 35.9 Å². The zero-order valence-electron chi connectivity index (χ0n) is 13.6. The Labute approximate surface area is 137 Å². The molecule has 0 N–H and O–H groups in total. The van der Waals surface area contributed by atoms with Crippen molar-refractivity contribution in [2.45, 2.75) is 13.3 Å². The molecule has 1 saturated heterocycles. The Balaban J connectivity index is 1.87. The number of carbonyl (C=O) groups excluding carboxylic acids is 1. The van der Waals surface area contributed by atoms with Crippen molar-refractivity contribution in [1.82, 2.24) is 4.90 Å². The lowest BCUT2D eigenvalue weighted by Crippen LogP contribution is -2.31. The number of sulfone groups is 1. The molecule has 0 aromatic heterocycles. The van der Waals surface area contributed by atoms with Gasteiger partial charge in [0.05, 0.1) is 18.1 Å². The largest absolute Gasteiger partial charge is 0.494 e. The number of rotatable bonds is 6. The van der Waals surface area contributed by atoms with E-state index in [1.54, 1.807) is 18.0 Å². The molecular formula is C17H23NO4S. The van der Waals surface area contributed by atoms with Crippen LogP contribution in [0.2, 0.25) is 0 Å². The van der Waals surface area contributed by atoms with E-state index in [1.165, 1.54) is 6.08 Å². The fourth-order valence-corrected chi connectivity index (χ4v) is 4.48. The van der Waals surface area contributed by atoms with Gasteiger partial charge in [0.15, 0.2) is 9.84 Å². The first-order valence-corrected chi connectivity index (χ1v) is 9.58. The molecule has 0 spiro atoms. The number of ether oxygens (including phenoxy) is 1. The van der Waals surface area contributed by atoms with E-state index < -0.39 is 9.84 Å². The average molecular weight is 337 g/mol. The Kier molecular flexibility index (Phi) is 5.82. The molecule has 5 nitrogen and oxygen atoms in total. The van der Waals surface area contributed by atoms with Gasteiger partial charge in [-0.3, -0.25) is 4.79 Å². The zero-order chi connectivity index (χ0) is 16.9. The zero-order valence-corrected chi connectivity index (χ0v) is 14.4. The molecular weight excluding hydrogens is 314 g/mol. The summed E-state index contributed by atoms with van der Waals surface area (Å²) in [5.41, 5.74) is 0.915. The molecule has 0 bridgehead atoms. The maximum atomic E-state index is 12.1. The normalized spacial score (nSPS) is 19.8. The summed E-state index contributed by atoms with van der Waals surface area (Å²) in [6.07, 6.45) is 3.90. The van der Waals surface area contributed by atoms with Crippen molar-refractivity contribution in [3.63, 3.8) is 0 Å². The highest BCUT2D eigenvalue weighted by Crippen LogP contribution is 2.19. The molecule has 0 radical (unpaired) electrons. The van der Waals surface area contributed by atoms with E-state index in [2.05, 4.69) is 0 Å². The smallest absolute Gasteiger partial charge is 0.246 e. The minimum Gasteiger partial charge on any atom is -0.494 e. The van der Waals surface area contributed by atoms with E-state index in [0.717, 1.165) is 11.3 Å². The molecule has 1 aromatic carbocycles. The van der Waals surface area contributed by atoms with Crippen LogP contribution in [-0.4, -0.2) is 50.9 Å². The van der Waals surface area contributed by atoms with Gasteiger partial charge < -0.3 is 9.64 Å². The van der Waals surface area contributed by atoms with Crippen molar-refractivity contribution in [2.75, 3.05) is 31.7 Å². The number of hydrogen-bond donors (Lipinski definition) is 0. The van der Waals surface area contributed by atoms with Gasteiger partial charge in [0.25, 0.3) is 0 Å². The molecule has 0 saturated carbocycles. The predicted octanol–water partition coefficient (Wildman–Crippen LogP) is 1.99. The minimum absolute atomic E-state index is 0.0489. The van der Waals surface area contributed by atoms with Gasteiger partial charge in [-0.2, -0.15) is 0 Å². The molecule has 23 heavy (non-hydrogen) atoms. The summed E-state index contributed by atoms with van der Waals surface area (Å²) in [4.78, 5) is 13.7. The van der Waals surface area contributed by atoms with E-state index in [0.29, 0.717) is 19.6 Å². The third-order valence-electron chi connectivity index (χ3n) is 3.84. The van der Waals surface area contributed by atoms with Gasteiger partial charge in [-0.05, 0) is 43.0 Å². The maximum Gasteiger partial charge on any atom is 0.246 e. The Bertz CT molecular complexity index is 664. The fraction of sp³-hybridized carbons (Fsp3) is 0.471. The molecule has 1 aromatic rings. The van der Waals surface area contributed by atoms with Crippen LogP contribution in [-0.2, 0) is 14.6 Å². The van der Waals surface area contributed by atoms with Crippen molar-refractivity contribution >= 4 is 21.8 Å². The lowest BCUT2D eigenvalue weighted by Gasteiger charge is -2.18. The van der Waals surface area contributed by atoms with Crippen LogP contribution < -0.4 is 4.74 Å². The first-order valence-electron chi connectivity index (χ1n) is 7.76. The summed E-state index contributed by atoms with van der Waals surface area (Å²) in [6.45, 7) is 3.03. The highest BCUT2D eigenvalue weighted by Gasteiger charge is 2.29. The second-order valence-corrected chi connectivity index (χ2v) is 8.05. The number of benzene rings is 1. The van der Waals surface area contributed by atoms with Crippen LogP contribution in [0, 0.1) is 5.92 Å². The summed E-state index contributed by atoms with van der Waals surface area (Å²) in [5.74, 6) is 1.15. The maximum absolute atomic E-state index is 12.1. The van der Waals surface area contributed by atoms with Crippen LogP contribution in [0.25, 0.3) is 6.08 Å². The van der Waals surface area contributed by atoms with Gasteiger partial charge >= 0.3 is 0 Å². The van der Waals surface area contributed by atoms with Crippen molar-refractivity contribution in [1.29, 1.82) is 0 Å². The van der Waals surface area contributed by atoms with Crippen LogP contribution in [0.4, 0.5) is 0 Å². The summed E-state index contributed by atoms with van der Waals surface area (Å²) in [6, 6.07) is 7.50. The topological polar surface area (TPSA) is 63.7 Å². The molecule has 1 heterocycles. The second kappa shape index (κ2) is 7.64. The number of likely N-dealkylation sites (N-methyl/N-ethyl adjacent to an activating group) is 1. The lowest BCUT2D eigenvalue weighted by atomic mass is 10.1. The number of amides is 1. The Morgan fingerprint density at radius 2 is 2.04 bits per heavy atom. The first-order chi connectivity index (χ1) is 10.9. The molecule has 126 valence electrons. The third kappa shape index (κ3) is 5.39. The van der Waals surface area contributed by atoms with Gasteiger partial charge in [0.2, 0.25) is 5.91 Å². The van der Waals surface area contributed by atoms with Gasteiger partial charge in [0, 0.05) is 19.7 Å². The van der Waals surface area contributed by atoms with E-state index in [4.69, 9.17) is 4.74 Å². The fourth-order valence-electron chi connectivity index (χ4n) is 2.63. The Hall–Kier alpha value is -1.82. The highest BCUT2D eigenvalue weighted by atomic mass is 32.2. The molecule has 0 aliphatic carbocycles. The van der Waals surface area contributed by atoms with E-state index in [1.807, 2.05) is 31.2 Å².